The van der Waals surface area contributed by atoms with Crippen molar-refractivity contribution in [3.05, 3.63) is 35.5 Å². The van der Waals surface area contributed by atoms with Gasteiger partial charge >= 0.3 is 0 Å². The Morgan fingerprint density at radius 3 is 2.24 bits per heavy atom. The summed E-state index contributed by atoms with van der Waals surface area (Å²) in [7, 11) is -3.60. The highest BCUT2D eigenvalue weighted by molar-refractivity contribution is 7.91. The van der Waals surface area contributed by atoms with E-state index in [1.807, 2.05) is 6.92 Å². The lowest BCUT2D eigenvalue weighted by atomic mass is 9.92. The number of aromatic nitrogens is 2. The number of sulfone groups is 1. The number of nitrogens with zero attached hydrogens (tertiary/aromatic N) is 4. The fraction of sp³-hybridized carbons (Fsp3) is 0.621. The van der Waals surface area contributed by atoms with Gasteiger partial charge in [-0.3, -0.25) is 4.79 Å². The van der Waals surface area contributed by atoms with Gasteiger partial charge in [0, 0.05) is 56.2 Å². The fourth-order valence-corrected chi connectivity index (χ4v) is 7.93. The summed E-state index contributed by atoms with van der Waals surface area (Å²) in [5, 5.41) is 2.86. The van der Waals surface area contributed by atoms with Crippen molar-refractivity contribution in [3.8, 4) is 0 Å². The van der Waals surface area contributed by atoms with Gasteiger partial charge in [-0.15, -0.1) is 0 Å². The molecule has 0 radical (unpaired) electrons. The molecule has 1 aliphatic carbocycles. The Morgan fingerprint density at radius 2 is 1.63 bits per heavy atom. The van der Waals surface area contributed by atoms with E-state index in [1.54, 1.807) is 30.0 Å². The number of piperidine rings is 2. The molecule has 1 saturated carbocycles. The molecule has 222 valence electrons. The maximum Gasteiger partial charge on any atom is 0.258 e. The quantitative estimate of drug-likeness (QED) is 0.505. The van der Waals surface area contributed by atoms with E-state index in [9.17, 15) is 22.0 Å². The molecule has 1 amide bonds. The predicted octanol–water partition coefficient (Wildman–Crippen LogP) is 4.46. The lowest BCUT2D eigenvalue weighted by molar-refractivity contribution is -0.0870. The number of anilines is 3. The van der Waals surface area contributed by atoms with E-state index in [0.29, 0.717) is 41.5 Å². The molecule has 1 aromatic heterocycles. The molecule has 1 N–H and O–H groups in total. The Hall–Kier alpha value is -2.86. The van der Waals surface area contributed by atoms with E-state index >= 15 is 0 Å². The van der Waals surface area contributed by atoms with Crippen LogP contribution in [0, 0.1) is 17.8 Å². The number of hydrogen-bond acceptors (Lipinski definition) is 8. The van der Waals surface area contributed by atoms with Gasteiger partial charge in [0.15, 0.2) is 9.84 Å². The summed E-state index contributed by atoms with van der Waals surface area (Å²) >= 11 is 0. The number of carbonyl (C=O) groups excluding carboxylic acids is 1. The number of amides is 1. The topological polar surface area (TPSA) is 105 Å². The lowest BCUT2D eigenvalue weighted by Gasteiger charge is -2.38. The van der Waals surface area contributed by atoms with Crippen LogP contribution in [0.25, 0.3) is 0 Å². The first-order valence-electron chi connectivity index (χ1n) is 14.3. The van der Waals surface area contributed by atoms with Crippen molar-refractivity contribution in [3.63, 3.8) is 0 Å². The van der Waals surface area contributed by atoms with Crippen LogP contribution in [0.1, 0.15) is 61.5 Å². The number of carbonyl (C=O) groups is 1. The third-order valence-corrected chi connectivity index (χ3v) is 11.0. The van der Waals surface area contributed by atoms with Crippen molar-refractivity contribution in [2.24, 2.45) is 10.8 Å². The molecule has 0 unspecified atom stereocenters. The highest BCUT2D eigenvalue weighted by Gasteiger charge is 2.45. The van der Waals surface area contributed by atoms with Crippen LogP contribution in [-0.2, 0) is 14.6 Å². The minimum Gasteiger partial charge on any atom is -0.380 e. The first-order chi connectivity index (χ1) is 19.3. The van der Waals surface area contributed by atoms with Crippen LogP contribution >= 0.6 is 0 Å². The van der Waals surface area contributed by atoms with E-state index in [1.165, 1.54) is 18.9 Å². The third-order valence-electron chi connectivity index (χ3n) is 9.00. The molecule has 12 heteroatoms. The molecule has 3 saturated heterocycles. The van der Waals surface area contributed by atoms with Gasteiger partial charge in [-0.05, 0) is 56.2 Å². The van der Waals surface area contributed by atoms with Gasteiger partial charge in [0.25, 0.3) is 11.8 Å². The summed E-state index contributed by atoms with van der Waals surface area (Å²) in [5.41, 5.74) is 1.56. The van der Waals surface area contributed by atoms with E-state index < -0.39 is 27.1 Å². The Balaban J connectivity index is 1.27. The molecular weight excluding hydrogens is 552 g/mol. The zero-order chi connectivity index (χ0) is 29.0. The molecule has 6 rings (SSSR count). The predicted molar refractivity (Wildman–Crippen MR) is 152 cm³/mol. The van der Waals surface area contributed by atoms with Crippen molar-refractivity contribution in [2.75, 3.05) is 60.3 Å². The van der Waals surface area contributed by atoms with Crippen LogP contribution in [-0.4, -0.2) is 75.4 Å². The maximum absolute atomic E-state index is 13.7. The molecule has 4 heterocycles. The highest BCUT2D eigenvalue weighted by atomic mass is 32.2. The summed E-state index contributed by atoms with van der Waals surface area (Å²) in [6.45, 7) is 6.26. The summed E-state index contributed by atoms with van der Waals surface area (Å²) in [5.74, 6) is -2.55. The number of rotatable bonds is 7. The normalized spacial score (nSPS) is 22.7. The van der Waals surface area contributed by atoms with Crippen molar-refractivity contribution in [2.45, 2.75) is 63.2 Å². The van der Waals surface area contributed by atoms with Crippen molar-refractivity contribution in [1.82, 2.24) is 9.97 Å². The molecule has 9 nitrogen and oxygen atoms in total. The van der Waals surface area contributed by atoms with Gasteiger partial charge in [0.05, 0.1) is 35.1 Å². The average molecular weight is 590 g/mol. The largest absolute Gasteiger partial charge is 0.380 e. The van der Waals surface area contributed by atoms with Gasteiger partial charge < -0.3 is 19.9 Å². The number of benzene rings is 1. The second-order valence-electron chi connectivity index (χ2n) is 12.7. The number of halogens is 2. The van der Waals surface area contributed by atoms with Crippen LogP contribution in [0.4, 0.5) is 26.2 Å². The Kier molecular flexibility index (Phi) is 7.00. The molecule has 2 aromatic rings. The Bertz CT molecular complexity index is 1440. The van der Waals surface area contributed by atoms with Crippen LogP contribution in [0.15, 0.2) is 29.2 Å². The first kappa shape index (κ1) is 28.3. The van der Waals surface area contributed by atoms with Gasteiger partial charge in [0.2, 0.25) is 5.95 Å². The molecule has 0 bridgehead atoms. The average Bonchev–Trinajstić information content (AvgIpc) is 3.65. The Morgan fingerprint density at radius 1 is 0.976 bits per heavy atom. The summed E-state index contributed by atoms with van der Waals surface area (Å²) < 4.78 is 59.4. The standard InChI is InChI=1S/C29H37F2N5O4S/c1-20-15-24(34-26(32-20)36-13-9-29(30,31)10-14-36)33-25(37)22-4-3-21(41(38,39)19-27(2)17-40-18-27)16-23(22)35-11-7-28(5-6-28)8-12-35/h3-4,15-16H,5-14,17-19H2,1-2H3,(H,32,33,34,37). The lowest BCUT2D eigenvalue weighted by Crippen LogP contribution is -2.45. The maximum atomic E-state index is 13.7. The van der Waals surface area contributed by atoms with E-state index in [0.717, 1.165) is 25.9 Å². The molecule has 3 aliphatic heterocycles. The first-order valence-corrected chi connectivity index (χ1v) is 16.0. The number of alkyl halides is 2. The summed E-state index contributed by atoms with van der Waals surface area (Å²) in [6.07, 6.45) is 3.95. The fourth-order valence-electron chi connectivity index (χ4n) is 6.11. The van der Waals surface area contributed by atoms with Crippen LogP contribution in [0.2, 0.25) is 0 Å². The zero-order valence-corrected chi connectivity index (χ0v) is 24.4. The molecule has 1 spiro atoms. The molecular formula is C29H37F2N5O4S. The van der Waals surface area contributed by atoms with E-state index in [-0.39, 0.29) is 42.4 Å². The SMILES string of the molecule is Cc1cc(NC(=O)c2ccc(S(=O)(=O)CC3(C)COC3)cc2N2CCC3(CC2)CC3)nc(N2CCC(F)(F)CC2)n1. The molecule has 0 atom stereocenters. The van der Waals surface area contributed by atoms with Crippen molar-refractivity contribution in [1.29, 1.82) is 0 Å². The highest BCUT2D eigenvalue weighted by Crippen LogP contribution is 2.54. The Labute approximate surface area is 239 Å². The minimum atomic E-state index is -3.60. The number of hydrogen-bond donors (Lipinski definition) is 1. The van der Waals surface area contributed by atoms with Crippen molar-refractivity contribution < 1.29 is 26.7 Å². The smallest absolute Gasteiger partial charge is 0.258 e. The molecule has 4 aliphatic rings. The van der Waals surface area contributed by atoms with Gasteiger partial charge in [-0.1, -0.05) is 6.92 Å². The second kappa shape index (κ2) is 10.1. The summed E-state index contributed by atoms with van der Waals surface area (Å²) in [6, 6.07) is 6.37. The van der Waals surface area contributed by atoms with Gasteiger partial charge in [-0.25, -0.2) is 22.2 Å². The van der Waals surface area contributed by atoms with Crippen LogP contribution in [0.5, 0.6) is 0 Å². The third kappa shape index (κ3) is 6.04. The van der Waals surface area contributed by atoms with E-state index in [4.69, 9.17) is 4.74 Å². The summed E-state index contributed by atoms with van der Waals surface area (Å²) in [4.78, 5) is 26.6. The number of ether oxygens (including phenoxy) is 1. The molecule has 1 aromatic carbocycles. The van der Waals surface area contributed by atoms with Crippen LogP contribution in [0.3, 0.4) is 0 Å². The van der Waals surface area contributed by atoms with Gasteiger partial charge in [-0.2, -0.15) is 4.98 Å². The second-order valence-corrected chi connectivity index (χ2v) is 14.7. The minimum absolute atomic E-state index is 0.0144. The van der Waals surface area contributed by atoms with E-state index in [2.05, 4.69) is 20.2 Å². The molecule has 4 fully saturated rings. The zero-order valence-electron chi connectivity index (χ0n) is 23.6. The monoisotopic (exact) mass is 589 g/mol. The van der Waals surface area contributed by atoms with Crippen molar-refractivity contribution >= 4 is 33.2 Å². The molecule has 41 heavy (non-hydrogen) atoms. The number of aryl methyl sites for hydroxylation is 1. The number of nitrogens with one attached hydrogen (secondary N) is 1. The van der Waals surface area contributed by atoms with Gasteiger partial charge in [0.1, 0.15) is 5.82 Å². The van der Waals surface area contributed by atoms with Crippen LogP contribution < -0.4 is 15.1 Å².